The second kappa shape index (κ2) is 10.4. The first-order valence-corrected chi connectivity index (χ1v) is 10.3. The summed E-state index contributed by atoms with van der Waals surface area (Å²) in [6.07, 6.45) is 3.23. The number of nitrogens with one attached hydrogen (secondary N) is 2. The molecule has 1 atom stereocenters. The van der Waals surface area contributed by atoms with Crippen LogP contribution < -0.4 is 15.5 Å². The molecule has 0 saturated heterocycles. The van der Waals surface area contributed by atoms with Gasteiger partial charge < -0.3 is 20.3 Å². The van der Waals surface area contributed by atoms with Crippen LogP contribution >= 0.6 is 0 Å². The molecule has 32 heavy (non-hydrogen) atoms. The maximum absolute atomic E-state index is 13.0. The van der Waals surface area contributed by atoms with Gasteiger partial charge in [-0.15, -0.1) is 0 Å². The number of urea groups is 1. The molecule has 166 valence electrons. The summed E-state index contributed by atoms with van der Waals surface area (Å²) in [6, 6.07) is 20.8. The third-order valence-corrected chi connectivity index (χ3v) is 5.26. The van der Waals surface area contributed by atoms with E-state index in [-0.39, 0.29) is 6.42 Å². The monoisotopic (exact) mass is 432 g/mol. The Labute approximate surface area is 188 Å². The summed E-state index contributed by atoms with van der Waals surface area (Å²) < 4.78 is 4.84. The van der Waals surface area contributed by atoms with Crippen molar-refractivity contribution >= 4 is 23.4 Å². The van der Waals surface area contributed by atoms with Gasteiger partial charge in [-0.3, -0.25) is 9.78 Å². The Morgan fingerprint density at radius 2 is 1.66 bits per heavy atom. The zero-order chi connectivity index (χ0) is 23.0. The highest BCUT2D eigenvalue weighted by Crippen LogP contribution is 2.28. The van der Waals surface area contributed by atoms with Crippen LogP contribution in [0, 0.1) is 0 Å². The fourth-order valence-corrected chi connectivity index (χ4v) is 3.56. The van der Waals surface area contributed by atoms with E-state index in [0.29, 0.717) is 12.2 Å². The predicted octanol–water partition coefficient (Wildman–Crippen LogP) is 4.32. The number of aromatic nitrogens is 1. The van der Waals surface area contributed by atoms with E-state index in [2.05, 4.69) is 32.7 Å². The Bertz CT molecular complexity index is 1040. The van der Waals surface area contributed by atoms with Crippen LogP contribution in [0.15, 0.2) is 79.1 Å². The summed E-state index contributed by atoms with van der Waals surface area (Å²) in [7, 11) is 3.30. The maximum atomic E-state index is 13.0. The van der Waals surface area contributed by atoms with Crippen molar-refractivity contribution in [3.63, 3.8) is 0 Å². The van der Waals surface area contributed by atoms with Gasteiger partial charge in [-0.25, -0.2) is 4.79 Å². The summed E-state index contributed by atoms with van der Waals surface area (Å²) in [5, 5.41) is 5.88. The van der Waals surface area contributed by atoms with Gasteiger partial charge in [-0.05, 0) is 42.3 Å². The van der Waals surface area contributed by atoms with E-state index in [1.54, 1.807) is 31.5 Å². The Kier molecular flexibility index (Phi) is 7.44. The molecular weight excluding hydrogens is 404 g/mol. The fraction of sp³-hybridized carbons (Fsp3) is 0.240. The van der Waals surface area contributed by atoms with Crippen molar-refractivity contribution in [1.82, 2.24) is 10.3 Å². The number of pyridine rings is 1. The summed E-state index contributed by atoms with van der Waals surface area (Å²) >= 11 is 0. The quantitative estimate of drug-likeness (QED) is 0.518. The Balaban J connectivity index is 1.78. The number of methoxy groups -OCH3 is 1. The number of nitrogens with zero attached hydrogens (tertiary/aromatic N) is 2. The van der Waals surface area contributed by atoms with Gasteiger partial charge >= 0.3 is 12.0 Å². The molecule has 7 nitrogen and oxygen atoms in total. The second-order valence-corrected chi connectivity index (χ2v) is 7.76. The average molecular weight is 433 g/mol. The molecule has 0 aliphatic carbocycles. The zero-order valence-corrected chi connectivity index (χ0v) is 18.5. The smallest absolute Gasteiger partial charge is 0.320 e. The predicted molar refractivity (Wildman–Crippen MR) is 125 cm³/mol. The van der Waals surface area contributed by atoms with E-state index in [9.17, 15) is 9.59 Å². The number of esters is 1. The molecule has 0 aliphatic heterocycles. The molecule has 0 radical (unpaired) electrons. The molecule has 0 aliphatic rings. The van der Waals surface area contributed by atoms with Crippen LogP contribution in [0.1, 0.15) is 24.5 Å². The Morgan fingerprint density at radius 3 is 2.34 bits per heavy atom. The minimum atomic E-state index is -0.967. The third-order valence-electron chi connectivity index (χ3n) is 5.26. The van der Waals surface area contributed by atoms with Crippen molar-refractivity contribution in [3.05, 3.63) is 90.3 Å². The van der Waals surface area contributed by atoms with Crippen LogP contribution in [-0.4, -0.2) is 31.1 Å². The largest absolute Gasteiger partial charge is 0.469 e. The van der Waals surface area contributed by atoms with E-state index in [1.807, 2.05) is 49.5 Å². The second-order valence-electron chi connectivity index (χ2n) is 7.76. The number of amides is 2. The number of benzene rings is 2. The Morgan fingerprint density at radius 1 is 1.00 bits per heavy atom. The summed E-state index contributed by atoms with van der Waals surface area (Å²) in [5.74, 6) is -0.424. The molecule has 1 unspecified atom stereocenters. The van der Waals surface area contributed by atoms with Gasteiger partial charge in [0.1, 0.15) is 0 Å². The van der Waals surface area contributed by atoms with Crippen molar-refractivity contribution in [1.29, 1.82) is 0 Å². The minimum absolute atomic E-state index is 0.0174. The molecule has 2 aromatic carbocycles. The van der Waals surface area contributed by atoms with Crippen LogP contribution in [0.4, 0.5) is 16.2 Å². The van der Waals surface area contributed by atoms with Gasteiger partial charge in [0.2, 0.25) is 0 Å². The first kappa shape index (κ1) is 22.8. The fourth-order valence-electron chi connectivity index (χ4n) is 3.56. The van der Waals surface area contributed by atoms with Gasteiger partial charge in [-0.2, -0.15) is 0 Å². The van der Waals surface area contributed by atoms with Crippen molar-refractivity contribution in [2.45, 2.75) is 25.4 Å². The molecule has 1 heterocycles. The highest BCUT2D eigenvalue weighted by atomic mass is 16.5. The van der Waals surface area contributed by atoms with Gasteiger partial charge in [0.05, 0.1) is 30.4 Å². The number of carbonyl (C=O) groups is 2. The van der Waals surface area contributed by atoms with Crippen LogP contribution in [0.2, 0.25) is 0 Å². The number of anilines is 2. The molecule has 0 fully saturated rings. The normalized spacial score (nSPS) is 12.3. The standard InChI is InChI=1S/C25H28N4O3/c1-25(17-23(30)32-3,20-13-15-26-16-14-20)28-24(31)27-21-11-7-8-12-22(21)29(2)18-19-9-5-4-6-10-19/h4-16H,17-18H2,1-3H3,(H2,27,28,31). The highest BCUT2D eigenvalue weighted by molar-refractivity contribution is 5.94. The number of carbonyl (C=O) groups excluding carboxylic acids is 2. The average Bonchev–Trinajstić information content (AvgIpc) is 2.80. The van der Waals surface area contributed by atoms with Gasteiger partial charge in [0, 0.05) is 26.0 Å². The Hall–Kier alpha value is -3.87. The van der Waals surface area contributed by atoms with E-state index in [4.69, 9.17) is 4.74 Å². The van der Waals surface area contributed by atoms with Crippen molar-refractivity contribution in [2.24, 2.45) is 0 Å². The molecule has 3 rings (SSSR count). The summed E-state index contributed by atoms with van der Waals surface area (Å²) in [5.41, 5.74) is 2.49. The van der Waals surface area contributed by atoms with Crippen molar-refractivity contribution < 1.29 is 14.3 Å². The van der Waals surface area contributed by atoms with E-state index in [0.717, 1.165) is 16.8 Å². The highest BCUT2D eigenvalue weighted by Gasteiger charge is 2.32. The number of ether oxygens (including phenoxy) is 1. The van der Waals surface area contributed by atoms with Crippen molar-refractivity contribution in [3.8, 4) is 0 Å². The SMILES string of the molecule is COC(=O)CC(C)(NC(=O)Nc1ccccc1N(C)Cc1ccccc1)c1ccncc1. The lowest BCUT2D eigenvalue weighted by molar-refractivity contribution is -0.142. The number of hydrogen-bond acceptors (Lipinski definition) is 5. The lowest BCUT2D eigenvalue weighted by Gasteiger charge is -2.31. The summed E-state index contributed by atoms with van der Waals surface area (Å²) in [4.78, 5) is 31.1. The lowest BCUT2D eigenvalue weighted by atomic mass is 9.89. The molecule has 2 amide bonds. The van der Waals surface area contributed by atoms with Crippen LogP contribution in [0.25, 0.3) is 0 Å². The third kappa shape index (κ3) is 5.85. The first-order valence-electron chi connectivity index (χ1n) is 10.3. The molecule has 7 heteroatoms. The maximum Gasteiger partial charge on any atom is 0.320 e. The summed E-state index contributed by atoms with van der Waals surface area (Å²) in [6.45, 7) is 2.48. The molecule has 0 spiro atoms. The molecule has 3 aromatic rings. The molecule has 0 saturated carbocycles. The number of hydrogen-bond donors (Lipinski definition) is 2. The topological polar surface area (TPSA) is 83.6 Å². The first-order chi connectivity index (χ1) is 15.4. The molecule has 0 bridgehead atoms. The van der Waals surface area contributed by atoms with Crippen LogP contribution in [0.3, 0.4) is 0 Å². The van der Waals surface area contributed by atoms with E-state index < -0.39 is 17.5 Å². The molecule has 2 N–H and O–H groups in total. The minimum Gasteiger partial charge on any atom is -0.469 e. The van der Waals surface area contributed by atoms with Gasteiger partial charge in [-0.1, -0.05) is 42.5 Å². The molecular formula is C25H28N4O3. The number of rotatable bonds is 8. The van der Waals surface area contributed by atoms with Gasteiger partial charge in [0.25, 0.3) is 0 Å². The van der Waals surface area contributed by atoms with Gasteiger partial charge in [0.15, 0.2) is 0 Å². The zero-order valence-electron chi connectivity index (χ0n) is 18.5. The van der Waals surface area contributed by atoms with Crippen LogP contribution in [0.5, 0.6) is 0 Å². The van der Waals surface area contributed by atoms with E-state index >= 15 is 0 Å². The molecule has 1 aromatic heterocycles. The lowest BCUT2D eigenvalue weighted by Crippen LogP contribution is -2.47. The number of para-hydroxylation sites is 2. The van der Waals surface area contributed by atoms with Crippen LogP contribution in [-0.2, 0) is 21.6 Å². The van der Waals surface area contributed by atoms with Crippen molar-refractivity contribution in [2.75, 3.05) is 24.4 Å². The van der Waals surface area contributed by atoms with E-state index in [1.165, 1.54) is 7.11 Å².